The maximum atomic E-state index is 12.2. The summed E-state index contributed by atoms with van der Waals surface area (Å²) in [5.41, 5.74) is 7.11. The number of nitrogens with one attached hydrogen (secondary N) is 2. The van der Waals surface area contributed by atoms with E-state index in [4.69, 9.17) is 0 Å². The third kappa shape index (κ3) is 3.46. The Bertz CT molecular complexity index is 988. The molecule has 0 saturated heterocycles. The molecule has 1 fully saturated rings. The fourth-order valence-electron chi connectivity index (χ4n) is 3.03. The number of benzene rings is 2. The van der Waals surface area contributed by atoms with Gasteiger partial charge in [-0.05, 0) is 42.2 Å². The van der Waals surface area contributed by atoms with E-state index in [-0.39, 0.29) is 23.4 Å². The molecule has 1 heterocycles. The van der Waals surface area contributed by atoms with Crippen molar-refractivity contribution in [3.63, 3.8) is 0 Å². The molecule has 26 heavy (non-hydrogen) atoms. The molecule has 3 aromatic rings. The van der Waals surface area contributed by atoms with E-state index < -0.39 is 5.91 Å². The molecule has 1 aliphatic carbocycles. The van der Waals surface area contributed by atoms with Crippen molar-refractivity contribution in [2.45, 2.75) is 12.3 Å². The van der Waals surface area contributed by atoms with E-state index in [2.05, 4.69) is 31.8 Å². The van der Waals surface area contributed by atoms with Crippen molar-refractivity contribution in [1.29, 1.82) is 0 Å². The molecular formula is C20H16BrN3O2. The summed E-state index contributed by atoms with van der Waals surface area (Å²) in [6, 6.07) is 19.0. The summed E-state index contributed by atoms with van der Waals surface area (Å²) in [6.07, 6.45) is 0.789. The maximum absolute atomic E-state index is 12.2. The minimum Gasteiger partial charge on any atom is -0.273 e. The van der Waals surface area contributed by atoms with E-state index in [0.29, 0.717) is 0 Å². The van der Waals surface area contributed by atoms with E-state index in [1.165, 1.54) is 0 Å². The average Bonchev–Trinajstić information content (AvgIpc) is 3.47. The van der Waals surface area contributed by atoms with Gasteiger partial charge in [-0.15, -0.1) is 0 Å². The number of aromatic nitrogens is 1. The topological polar surface area (TPSA) is 71.1 Å². The average molecular weight is 410 g/mol. The summed E-state index contributed by atoms with van der Waals surface area (Å²) in [7, 11) is 0. The Kier molecular flexibility index (Phi) is 4.42. The standard InChI is InChI=1S/C20H16BrN3O2/c21-14-8-5-12(6-9-14)15-11-16(15)19(25)23-24-20(26)18-10-7-13-3-1-2-4-17(13)22-18/h1-10,15-16H,11H2,(H,23,25)(H,24,26). The second-order valence-electron chi connectivity index (χ2n) is 6.33. The first-order valence-corrected chi connectivity index (χ1v) is 9.12. The van der Waals surface area contributed by atoms with E-state index in [1.807, 2.05) is 54.6 Å². The third-order valence-electron chi connectivity index (χ3n) is 4.56. The fraction of sp³-hybridized carbons (Fsp3) is 0.150. The molecule has 0 bridgehead atoms. The zero-order chi connectivity index (χ0) is 18.1. The third-order valence-corrected chi connectivity index (χ3v) is 5.08. The van der Waals surface area contributed by atoms with Crippen molar-refractivity contribution >= 4 is 38.6 Å². The van der Waals surface area contributed by atoms with E-state index >= 15 is 0 Å². The van der Waals surface area contributed by atoms with Crippen LogP contribution in [-0.2, 0) is 4.79 Å². The number of para-hydroxylation sites is 1. The minimum atomic E-state index is -0.426. The SMILES string of the molecule is O=C(NNC(=O)C1CC1c1ccc(Br)cc1)c1ccc2ccccc2n1. The van der Waals surface area contributed by atoms with Crippen molar-refractivity contribution in [1.82, 2.24) is 15.8 Å². The van der Waals surface area contributed by atoms with Gasteiger partial charge in [-0.25, -0.2) is 4.98 Å². The lowest BCUT2D eigenvalue weighted by Crippen LogP contribution is -2.42. The molecule has 1 aromatic heterocycles. The van der Waals surface area contributed by atoms with Crippen LogP contribution in [0.5, 0.6) is 0 Å². The molecule has 2 atom stereocenters. The first-order valence-electron chi connectivity index (χ1n) is 8.33. The second-order valence-corrected chi connectivity index (χ2v) is 7.25. The summed E-state index contributed by atoms with van der Waals surface area (Å²) in [4.78, 5) is 28.8. The van der Waals surface area contributed by atoms with Gasteiger partial charge < -0.3 is 0 Å². The molecule has 0 spiro atoms. The summed E-state index contributed by atoms with van der Waals surface area (Å²) in [6.45, 7) is 0. The largest absolute Gasteiger partial charge is 0.288 e. The number of pyridine rings is 1. The van der Waals surface area contributed by atoms with Gasteiger partial charge in [0.25, 0.3) is 5.91 Å². The van der Waals surface area contributed by atoms with Crippen LogP contribution in [0.25, 0.3) is 10.9 Å². The highest BCUT2D eigenvalue weighted by molar-refractivity contribution is 9.10. The predicted octanol–water partition coefficient (Wildman–Crippen LogP) is 3.56. The molecule has 4 rings (SSSR count). The van der Waals surface area contributed by atoms with Gasteiger partial charge in [0.1, 0.15) is 5.69 Å². The number of fused-ring (bicyclic) bond motifs is 1. The molecule has 6 heteroatoms. The van der Waals surface area contributed by atoms with Crippen molar-refractivity contribution < 1.29 is 9.59 Å². The number of amides is 2. The smallest absolute Gasteiger partial charge is 0.273 e. The van der Waals surface area contributed by atoms with Gasteiger partial charge >= 0.3 is 0 Å². The normalized spacial score (nSPS) is 18.3. The number of hydrogen-bond acceptors (Lipinski definition) is 3. The van der Waals surface area contributed by atoms with Crippen LogP contribution >= 0.6 is 15.9 Å². The Morgan fingerprint density at radius 2 is 1.73 bits per heavy atom. The molecule has 0 radical (unpaired) electrons. The predicted molar refractivity (Wildman–Crippen MR) is 102 cm³/mol. The van der Waals surface area contributed by atoms with Crippen LogP contribution in [0.2, 0.25) is 0 Å². The number of rotatable bonds is 3. The Balaban J connectivity index is 1.35. The number of hydrazine groups is 1. The second kappa shape index (κ2) is 6.88. The maximum Gasteiger partial charge on any atom is 0.288 e. The molecule has 0 aliphatic heterocycles. The van der Waals surface area contributed by atoms with Crippen molar-refractivity contribution in [2.75, 3.05) is 0 Å². The highest BCUT2D eigenvalue weighted by Crippen LogP contribution is 2.47. The molecule has 2 amide bonds. The summed E-state index contributed by atoms with van der Waals surface area (Å²) >= 11 is 3.40. The van der Waals surface area contributed by atoms with Crippen molar-refractivity contribution in [3.8, 4) is 0 Å². The van der Waals surface area contributed by atoms with Gasteiger partial charge in [0.05, 0.1) is 5.52 Å². The first kappa shape index (κ1) is 16.7. The fourth-order valence-corrected chi connectivity index (χ4v) is 3.30. The van der Waals surface area contributed by atoms with Crippen LogP contribution < -0.4 is 10.9 Å². The molecular weight excluding hydrogens is 394 g/mol. The van der Waals surface area contributed by atoms with E-state index in [9.17, 15) is 9.59 Å². The van der Waals surface area contributed by atoms with Crippen LogP contribution in [0.4, 0.5) is 0 Å². The molecule has 1 aliphatic rings. The van der Waals surface area contributed by atoms with E-state index in [1.54, 1.807) is 6.07 Å². The number of carbonyl (C=O) groups is 2. The highest BCUT2D eigenvalue weighted by atomic mass is 79.9. The molecule has 5 nitrogen and oxygen atoms in total. The van der Waals surface area contributed by atoms with Crippen LogP contribution in [0.3, 0.4) is 0 Å². The van der Waals surface area contributed by atoms with Crippen LogP contribution in [0.1, 0.15) is 28.4 Å². The highest BCUT2D eigenvalue weighted by Gasteiger charge is 2.44. The summed E-state index contributed by atoms with van der Waals surface area (Å²) in [5.74, 6) is -0.503. The van der Waals surface area contributed by atoms with Gasteiger partial charge in [0.2, 0.25) is 5.91 Å². The molecule has 2 unspecified atom stereocenters. The Hall–Kier alpha value is -2.73. The van der Waals surface area contributed by atoms with Gasteiger partial charge in [-0.3, -0.25) is 20.4 Å². The molecule has 2 N–H and O–H groups in total. The lowest BCUT2D eigenvalue weighted by atomic mass is 10.1. The van der Waals surface area contributed by atoms with Crippen molar-refractivity contribution in [2.24, 2.45) is 5.92 Å². The Labute approximate surface area is 158 Å². The first-order chi connectivity index (χ1) is 12.6. The zero-order valence-corrected chi connectivity index (χ0v) is 15.4. The van der Waals surface area contributed by atoms with E-state index in [0.717, 1.165) is 27.4 Å². The number of carbonyl (C=O) groups excluding carboxylic acids is 2. The monoisotopic (exact) mass is 409 g/mol. The zero-order valence-electron chi connectivity index (χ0n) is 13.8. The quantitative estimate of drug-likeness (QED) is 0.649. The Morgan fingerprint density at radius 3 is 2.54 bits per heavy atom. The van der Waals surface area contributed by atoms with Gasteiger partial charge in [0, 0.05) is 15.8 Å². The summed E-state index contributed by atoms with van der Waals surface area (Å²) < 4.78 is 1.01. The van der Waals surface area contributed by atoms with Crippen LogP contribution in [-0.4, -0.2) is 16.8 Å². The summed E-state index contributed by atoms with van der Waals surface area (Å²) in [5, 5.41) is 0.961. The minimum absolute atomic E-state index is 0.110. The lowest BCUT2D eigenvalue weighted by molar-refractivity contribution is -0.123. The lowest BCUT2D eigenvalue weighted by Gasteiger charge is -2.07. The van der Waals surface area contributed by atoms with Gasteiger partial charge in [-0.2, -0.15) is 0 Å². The Morgan fingerprint density at radius 1 is 0.962 bits per heavy atom. The van der Waals surface area contributed by atoms with Crippen LogP contribution in [0, 0.1) is 5.92 Å². The van der Waals surface area contributed by atoms with Gasteiger partial charge in [-0.1, -0.05) is 52.3 Å². The van der Waals surface area contributed by atoms with Crippen molar-refractivity contribution in [3.05, 3.63) is 76.4 Å². The van der Waals surface area contributed by atoms with Crippen LogP contribution in [0.15, 0.2) is 65.1 Å². The molecule has 1 saturated carbocycles. The number of nitrogens with zero attached hydrogens (tertiary/aromatic N) is 1. The number of hydrogen-bond donors (Lipinski definition) is 2. The van der Waals surface area contributed by atoms with Gasteiger partial charge in [0.15, 0.2) is 0 Å². The molecule has 2 aromatic carbocycles. The molecule has 130 valence electrons. The number of halogens is 1.